The molecule has 0 aliphatic carbocycles. The van der Waals surface area contributed by atoms with Gasteiger partial charge in [0.15, 0.2) is 0 Å². The summed E-state index contributed by atoms with van der Waals surface area (Å²) in [5.41, 5.74) is 1.56. The van der Waals surface area contributed by atoms with E-state index < -0.39 is 0 Å². The Bertz CT molecular complexity index is 626. The molecule has 0 unspecified atom stereocenters. The molecule has 4 nitrogen and oxygen atoms in total. The molecule has 0 spiro atoms. The number of methoxy groups -OCH3 is 1. The number of aromatic nitrogens is 1. The van der Waals surface area contributed by atoms with Gasteiger partial charge < -0.3 is 9.64 Å². The van der Waals surface area contributed by atoms with E-state index in [0.717, 1.165) is 16.5 Å². The Morgan fingerprint density at radius 1 is 1.42 bits per heavy atom. The van der Waals surface area contributed by atoms with E-state index >= 15 is 0 Å². The summed E-state index contributed by atoms with van der Waals surface area (Å²) in [6.07, 6.45) is 1.92. The second-order valence-corrected chi connectivity index (χ2v) is 4.85. The highest BCUT2D eigenvalue weighted by atomic mass is 35.5. The van der Waals surface area contributed by atoms with Crippen LogP contribution in [0.2, 0.25) is 5.02 Å². The quantitative estimate of drug-likeness (QED) is 0.866. The number of hydrogen-bond acceptors (Lipinski definition) is 3. The van der Waals surface area contributed by atoms with Crippen molar-refractivity contribution in [3.8, 4) is 5.75 Å². The molecule has 0 atom stereocenters. The van der Waals surface area contributed by atoms with Crippen molar-refractivity contribution < 1.29 is 9.53 Å². The Labute approximate surface area is 116 Å². The van der Waals surface area contributed by atoms with E-state index in [-0.39, 0.29) is 12.3 Å². The normalized spacial score (nSPS) is 10.5. The molecule has 2 rings (SSSR count). The number of amides is 1. The van der Waals surface area contributed by atoms with Crippen LogP contribution in [0.25, 0.3) is 10.9 Å². The Morgan fingerprint density at radius 3 is 2.79 bits per heavy atom. The van der Waals surface area contributed by atoms with Gasteiger partial charge in [0.2, 0.25) is 5.91 Å². The molecule has 1 amide bonds. The van der Waals surface area contributed by atoms with E-state index in [4.69, 9.17) is 16.3 Å². The van der Waals surface area contributed by atoms with Crippen LogP contribution in [0.5, 0.6) is 5.75 Å². The summed E-state index contributed by atoms with van der Waals surface area (Å²) in [7, 11) is 5.03. The molecule has 0 saturated heterocycles. The average Bonchev–Trinajstić information content (AvgIpc) is 2.38. The number of carbonyl (C=O) groups excluding carboxylic acids is 1. The van der Waals surface area contributed by atoms with Crippen LogP contribution in [0.15, 0.2) is 24.4 Å². The number of benzene rings is 1. The minimum atomic E-state index is 0.0117. The first-order valence-electron chi connectivity index (χ1n) is 5.84. The summed E-state index contributed by atoms with van der Waals surface area (Å²) in [5.74, 6) is 0.662. The van der Waals surface area contributed by atoms with Gasteiger partial charge in [-0.05, 0) is 12.1 Å². The minimum Gasteiger partial charge on any atom is -0.496 e. The molecule has 100 valence electrons. The van der Waals surface area contributed by atoms with Gasteiger partial charge in [-0.25, -0.2) is 0 Å². The van der Waals surface area contributed by atoms with Crippen LogP contribution in [0.4, 0.5) is 0 Å². The average molecular weight is 279 g/mol. The number of ether oxygens (including phenoxy) is 1. The van der Waals surface area contributed by atoms with Crippen LogP contribution in [0.3, 0.4) is 0 Å². The number of carbonyl (C=O) groups is 1. The van der Waals surface area contributed by atoms with Crippen LogP contribution < -0.4 is 4.74 Å². The lowest BCUT2D eigenvalue weighted by atomic mass is 10.1. The van der Waals surface area contributed by atoms with Crippen LogP contribution in [0, 0.1) is 0 Å². The predicted octanol–water partition coefficient (Wildman–Crippen LogP) is 2.53. The van der Waals surface area contributed by atoms with Crippen LogP contribution in [-0.2, 0) is 11.2 Å². The lowest BCUT2D eigenvalue weighted by Crippen LogP contribution is -2.23. The van der Waals surface area contributed by atoms with Gasteiger partial charge in [0.1, 0.15) is 5.75 Å². The number of fused-ring (bicyclic) bond motifs is 1. The lowest BCUT2D eigenvalue weighted by Gasteiger charge is -2.13. The maximum absolute atomic E-state index is 11.8. The summed E-state index contributed by atoms with van der Waals surface area (Å²) < 4.78 is 5.32. The first kappa shape index (κ1) is 13.6. The fourth-order valence-corrected chi connectivity index (χ4v) is 2.04. The van der Waals surface area contributed by atoms with Gasteiger partial charge in [0.05, 0.1) is 24.1 Å². The molecular weight excluding hydrogens is 264 g/mol. The van der Waals surface area contributed by atoms with E-state index in [0.29, 0.717) is 10.8 Å². The third-order valence-electron chi connectivity index (χ3n) is 2.93. The number of halogens is 1. The van der Waals surface area contributed by atoms with Gasteiger partial charge >= 0.3 is 0 Å². The highest BCUT2D eigenvalue weighted by Gasteiger charge is 2.13. The van der Waals surface area contributed by atoms with Crippen LogP contribution in [-0.4, -0.2) is 37.0 Å². The fraction of sp³-hybridized carbons (Fsp3) is 0.286. The Kier molecular flexibility index (Phi) is 3.90. The molecular formula is C14H15ClN2O2. The van der Waals surface area contributed by atoms with E-state index in [1.54, 1.807) is 44.4 Å². The first-order chi connectivity index (χ1) is 9.02. The minimum absolute atomic E-state index is 0.0117. The molecule has 0 aliphatic heterocycles. The summed E-state index contributed by atoms with van der Waals surface area (Å²) in [6.45, 7) is 0. The SMILES string of the molecule is COc1cc2nccc(Cl)c2cc1CC(=O)N(C)C. The topological polar surface area (TPSA) is 42.4 Å². The van der Waals surface area contributed by atoms with Crippen LogP contribution >= 0.6 is 11.6 Å². The summed E-state index contributed by atoms with van der Waals surface area (Å²) in [5, 5.41) is 1.44. The van der Waals surface area contributed by atoms with Gasteiger partial charge in [0.25, 0.3) is 0 Å². The van der Waals surface area contributed by atoms with Crippen molar-refractivity contribution in [2.24, 2.45) is 0 Å². The molecule has 1 aromatic carbocycles. The number of rotatable bonds is 3. The second-order valence-electron chi connectivity index (χ2n) is 4.44. The summed E-state index contributed by atoms with van der Waals surface area (Å²) in [4.78, 5) is 17.6. The Morgan fingerprint density at radius 2 is 2.16 bits per heavy atom. The Balaban J connectivity index is 2.52. The number of nitrogens with zero attached hydrogens (tertiary/aromatic N) is 2. The molecule has 1 heterocycles. The molecule has 19 heavy (non-hydrogen) atoms. The molecule has 0 aliphatic rings. The maximum atomic E-state index is 11.8. The lowest BCUT2D eigenvalue weighted by molar-refractivity contribution is -0.127. The third-order valence-corrected chi connectivity index (χ3v) is 3.26. The zero-order valence-corrected chi connectivity index (χ0v) is 11.9. The molecule has 0 radical (unpaired) electrons. The summed E-state index contributed by atoms with van der Waals surface area (Å²) in [6, 6.07) is 5.40. The van der Waals surface area contributed by atoms with Crippen molar-refractivity contribution >= 4 is 28.4 Å². The monoisotopic (exact) mass is 278 g/mol. The van der Waals surface area contributed by atoms with Gasteiger partial charge in [-0.15, -0.1) is 0 Å². The Hall–Kier alpha value is -1.81. The highest BCUT2D eigenvalue weighted by Crippen LogP contribution is 2.29. The number of pyridine rings is 1. The highest BCUT2D eigenvalue weighted by molar-refractivity contribution is 6.35. The van der Waals surface area contributed by atoms with E-state index in [1.807, 2.05) is 6.07 Å². The van der Waals surface area contributed by atoms with Crippen molar-refractivity contribution in [3.05, 3.63) is 35.0 Å². The molecule has 5 heteroatoms. The van der Waals surface area contributed by atoms with E-state index in [1.165, 1.54) is 0 Å². The zero-order valence-electron chi connectivity index (χ0n) is 11.1. The molecule has 0 saturated carbocycles. The van der Waals surface area contributed by atoms with E-state index in [9.17, 15) is 4.79 Å². The molecule has 0 fully saturated rings. The number of likely N-dealkylation sites (N-methyl/N-ethyl adjacent to an activating group) is 1. The first-order valence-corrected chi connectivity index (χ1v) is 6.22. The van der Waals surface area contributed by atoms with Crippen molar-refractivity contribution in [1.29, 1.82) is 0 Å². The number of hydrogen-bond donors (Lipinski definition) is 0. The van der Waals surface area contributed by atoms with Crippen molar-refractivity contribution in [1.82, 2.24) is 9.88 Å². The fourth-order valence-electron chi connectivity index (χ4n) is 1.83. The van der Waals surface area contributed by atoms with Gasteiger partial charge in [-0.1, -0.05) is 11.6 Å². The summed E-state index contributed by atoms with van der Waals surface area (Å²) >= 11 is 6.15. The molecule has 0 N–H and O–H groups in total. The molecule has 0 bridgehead atoms. The van der Waals surface area contributed by atoms with E-state index in [2.05, 4.69) is 4.98 Å². The van der Waals surface area contributed by atoms with Gasteiger partial charge in [0, 0.05) is 37.3 Å². The largest absolute Gasteiger partial charge is 0.496 e. The van der Waals surface area contributed by atoms with Crippen molar-refractivity contribution in [2.45, 2.75) is 6.42 Å². The predicted molar refractivity (Wildman–Crippen MR) is 75.7 cm³/mol. The standard InChI is InChI=1S/C14H15ClN2O2/c1-17(2)14(18)7-9-6-10-11(15)4-5-16-12(10)8-13(9)19-3/h4-6,8H,7H2,1-3H3. The van der Waals surface area contributed by atoms with Crippen molar-refractivity contribution in [2.75, 3.05) is 21.2 Å². The van der Waals surface area contributed by atoms with Gasteiger partial charge in [-0.3, -0.25) is 9.78 Å². The van der Waals surface area contributed by atoms with Crippen LogP contribution in [0.1, 0.15) is 5.56 Å². The molecule has 1 aromatic heterocycles. The second kappa shape index (κ2) is 5.45. The zero-order chi connectivity index (χ0) is 14.0. The molecule has 2 aromatic rings. The van der Waals surface area contributed by atoms with Gasteiger partial charge in [-0.2, -0.15) is 0 Å². The maximum Gasteiger partial charge on any atom is 0.226 e. The van der Waals surface area contributed by atoms with Crippen molar-refractivity contribution in [3.63, 3.8) is 0 Å². The smallest absolute Gasteiger partial charge is 0.226 e. The third kappa shape index (κ3) is 2.79.